The van der Waals surface area contributed by atoms with Crippen LogP contribution < -0.4 is 10.6 Å². The fourth-order valence-electron chi connectivity index (χ4n) is 4.24. The van der Waals surface area contributed by atoms with Gasteiger partial charge in [0.05, 0.1) is 11.6 Å². The van der Waals surface area contributed by atoms with Crippen LogP contribution in [-0.2, 0) is 13.0 Å². The summed E-state index contributed by atoms with van der Waals surface area (Å²) in [7, 11) is 0. The summed E-state index contributed by atoms with van der Waals surface area (Å²) in [5.41, 5.74) is 4.28. The van der Waals surface area contributed by atoms with Gasteiger partial charge >= 0.3 is 0 Å². The summed E-state index contributed by atoms with van der Waals surface area (Å²) in [6, 6.07) is 11.6. The number of aromatic nitrogens is 2. The number of rotatable bonds is 6. The Balaban J connectivity index is 1.62. The van der Waals surface area contributed by atoms with E-state index in [9.17, 15) is 9.59 Å². The van der Waals surface area contributed by atoms with Crippen LogP contribution in [0, 0.1) is 13.8 Å². The highest BCUT2D eigenvalue weighted by atomic mass is 16.5. The highest BCUT2D eigenvalue weighted by molar-refractivity contribution is 6.06. The molecule has 2 aromatic heterocycles. The molecule has 0 radical (unpaired) electrons. The van der Waals surface area contributed by atoms with Crippen molar-refractivity contribution in [1.29, 1.82) is 0 Å². The Morgan fingerprint density at radius 3 is 2.61 bits per heavy atom. The second kappa shape index (κ2) is 8.79. The van der Waals surface area contributed by atoms with E-state index in [1.807, 2.05) is 34.9 Å². The van der Waals surface area contributed by atoms with Crippen LogP contribution in [-0.4, -0.2) is 21.5 Å². The molecule has 1 aromatic carbocycles. The van der Waals surface area contributed by atoms with Crippen LogP contribution in [0.1, 0.15) is 75.8 Å². The fraction of sp³-hybridized carbons (Fsp3) is 0.375. The van der Waals surface area contributed by atoms with Crippen molar-refractivity contribution in [2.45, 2.75) is 59.0 Å². The van der Waals surface area contributed by atoms with Gasteiger partial charge in [-0.25, -0.2) is 0 Å². The molecule has 31 heavy (non-hydrogen) atoms. The molecule has 0 fully saturated rings. The van der Waals surface area contributed by atoms with Gasteiger partial charge in [0.15, 0.2) is 5.76 Å². The molecular weight excluding hydrogens is 392 g/mol. The SMILES string of the molecule is CCC(NC(=O)c1cc(C(=O)Nc2c(C)noc2C)n2c1CCCC2)c1ccccc1. The fourth-order valence-corrected chi connectivity index (χ4v) is 4.24. The third-order valence-corrected chi connectivity index (χ3v) is 5.92. The summed E-state index contributed by atoms with van der Waals surface area (Å²) in [5.74, 6) is 0.160. The molecule has 1 atom stereocenters. The van der Waals surface area contributed by atoms with Crippen molar-refractivity contribution >= 4 is 17.5 Å². The quantitative estimate of drug-likeness (QED) is 0.612. The summed E-state index contributed by atoms with van der Waals surface area (Å²) in [4.78, 5) is 26.3. The Kier molecular flexibility index (Phi) is 5.93. The molecule has 0 aliphatic carbocycles. The van der Waals surface area contributed by atoms with Crippen molar-refractivity contribution in [2.24, 2.45) is 0 Å². The van der Waals surface area contributed by atoms with E-state index < -0.39 is 0 Å². The largest absolute Gasteiger partial charge is 0.359 e. The Bertz CT molecular complexity index is 1080. The van der Waals surface area contributed by atoms with Gasteiger partial charge in [0.2, 0.25) is 0 Å². The molecule has 0 spiro atoms. The zero-order valence-corrected chi connectivity index (χ0v) is 18.2. The van der Waals surface area contributed by atoms with Crippen molar-refractivity contribution in [1.82, 2.24) is 15.0 Å². The minimum absolute atomic E-state index is 0.0765. The predicted octanol–water partition coefficient (Wildman–Crippen LogP) is 4.56. The first-order chi connectivity index (χ1) is 15.0. The molecule has 1 aliphatic heterocycles. The predicted molar refractivity (Wildman–Crippen MR) is 118 cm³/mol. The molecule has 7 nitrogen and oxygen atoms in total. The lowest BCUT2D eigenvalue weighted by Gasteiger charge is -2.20. The van der Waals surface area contributed by atoms with Gasteiger partial charge in [-0.3, -0.25) is 9.59 Å². The summed E-state index contributed by atoms with van der Waals surface area (Å²) in [6.45, 7) is 6.32. The van der Waals surface area contributed by atoms with Crippen LogP contribution >= 0.6 is 0 Å². The second-order valence-electron chi connectivity index (χ2n) is 8.00. The van der Waals surface area contributed by atoms with Crippen LogP contribution in [0.15, 0.2) is 40.9 Å². The first-order valence-electron chi connectivity index (χ1n) is 10.8. The van der Waals surface area contributed by atoms with Gasteiger partial charge in [0.25, 0.3) is 11.8 Å². The third kappa shape index (κ3) is 4.13. The van der Waals surface area contributed by atoms with Crippen LogP contribution in [0.25, 0.3) is 0 Å². The van der Waals surface area contributed by atoms with E-state index in [-0.39, 0.29) is 17.9 Å². The van der Waals surface area contributed by atoms with Crippen LogP contribution in [0.2, 0.25) is 0 Å². The van der Waals surface area contributed by atoms with E-state index in [1.54, 1.807) is 19.9 Å². The van der Waals surface area contributed by atoms with E-state index in [0.717, 1.165) is 43.5 Å². The smallest absolute Gasteiger partial charge is 0.272 e. The summed E-state index contributed by atoms with van der Waals surface area (Å²) < 4.78 is 7.13. The number of amides is 2. The molecule has 0 saturated heterocycles. The van der Waals surface area contributed by atoms with Crippen molar-refractivity contribution in [3.05, 3.63) is 70.4 Å². The number of fused-ring (bicyclic) bond motifs is 1. The van der Waals surface area contributed by atoms with Crippen LogP contribution in [0.4, 0.5) is 5.69 Å². The van der Waals surface area contributed by atoms with Gasteiger partial charge < -0.3 is 19.7 Å². The van der Waals surface area contributed by atoms with Crippen molar-refractivity contribution in [3.63, 3.8) is 0 Å². The third-order valence-electron chi connectivity index (χ3n) is 5.92. The average molecular weight is 421 g/mol. The maximum absolute atomic E-state index is 13.2. The normalized spacial score (nSPS) is 14.0. The van der Waals surface area contributed by atoms with Gasteiger partial charge in [-0.05, 0) is 51.2 Å². The molecule has 4 rings (SSSR count). The lowest BCUT2D eigenvalue weighted by atomic mass is 10.0. The summed E-state index contributed by atoms with van der Waals surface area (Å²) in [6.07, 6.45) is 3.55. The number of carbonyl (C=O) groups excluding carboxylic acids is 2. The molecule has 0 bridgehead atoms. The lowest BCUT2D eigenvalue weighted by molar-refractivity contribution is 0.0933. The minimum Gasteiger partial charge on any atom is -0.359 e. The summed E-state index contributed by atoms with van der Waals surface area (Å²) in [5, 5.41) is 9.96. The molecule has 0 saturated carbocycles. The van der Waals surface area contributed by atoms with Gasteiger partial charge in [-0.2, -0.15) is 0 Å². The van der Waals surface area contributed by atoms with Crippen LogP contribution in [0.5, 0.6) is 0 Å². The highest BCUT2D eigenvalue weighted by Gasteiger charge is 2.27. The zero-order valence-electron chi connectivity index (χ0n) is 18.2. The first-order valence-corrected chi connectivity index (χ1v) is 10.8. The van der Waals surface area contributed by atoms with Gasteiger partial charge in [0, 0.05) is 12.2 Å². The molecule has 3 aromatic rings. The number of carbonyl (C=O) groups is 2. The Morgan fingerprint density at radius 1 is 1.16 bits per heavy atom. The number of aryl methyl sites for hydroxylation is 2. The zero-order chi connectivity index (χ0) is 22.0. The first kappa shape index (κ1) is 20.9. The molecule has 1 aliphatic rings. The van der Waals surface area contributed by atoms with E-state index in [2.05, 4.69) is 22.7 Å². The Hall–Kier alpha value is -3.35. The van der Waals surface area contributed by atoms with Crippen LogP contribution in [0.3, 0.4) is 0 Å². The molecule has 3 heterocycles. The number of hydrogen-bond donors (Lipinski definition) is 2. The van der Waals surface area contributed by atoms with Gasteiger partial charge in [-0.1, -0.05) is 42.4 Å². The summed E-state index contributed by atoms with van der Waals surface area (Å²) >= 11 is 0. The second-order valence-corrected chi connectivity index (χ2v) is 8.00. The van der Waals surface area contributed by atoms with Crippen molar-refractivity contribution in [2.75, 3.05) is 5.32 Å². The topological polar surface area (TPSA) is 89.2 Å². The Morgan fingerprint density at radius 2 is 1.94 bits per heavy atom. The number of benzene rings is 1. The minimum atomic E-state index is -0.258. The van der Waals surface area contributed by atoms with Gasteiger partial charge in [0.1, 0.15) is 17.1 Å². The average Bonchev–Trinajstić information content (AvgIpc) is 3.33. The Labute approximate surface area is 181 Å². The molecule has 162 valence electrons. The monoisotopic (exact) mass is 420 g/mol. The number of anilines is 1. The number of nitrogens with one attached hydrogen (secondary N) is 2. The molecule has 7 heteroatoms. The molecular formula is C24H28N4O3. The molecule has 2 amide bonds. The number of nitrogens with zero attached hydrogens (tertiary/aromatic N) is 2. The van der Waals surface area contributed by atoms with E-state index in [1.165, 1.54) is 0 Å². The maximum Gasteiger partial charge on any atom is 0.272 e. The maximum atomic E-state index is 13.2. The van der Waals surface area contributed by atoms with E-state index >= 15 is 0 Å². The highest BCUT2D eigenvalue weighted by Crippen LogP contribution is 2.27. The number of hydrogen-bond acceptors (Lipinski definition) is 4. The van der Waals surface area contributed by atoms with Gasteiger partial charge in [-0.15, -0.1) is 0 Å². The standard InChI is InChI=1S/C24H28N4O3/c1-4-19(17-10-6-5-7-11-17)25-23(29)18-14-21(28-13-9-8-12-20(18)28)24(30)26-22-15(2)27-31-16(22)3/h5-7,10-11,14,19H,4,8-9,12-13H2,1-3H3,(H,25,29)(H,26,30). The molecule has 2 N–H and O–H groups in total. The lowest BCUT2D eigenvalue weighted by Crippen LogP contribution is -2.29. The van der Waals surface area contributed by atoms with E-state index in [0.29, 0.717) is 28.4 Å². The van der Waals surface area contributed by atoms with Crippen molar-refractivity contribution < 1.29 is 14.1 Å². The van der Waals surface area contributed by atoms with Crippen molar-refractivity contribution in [3.8, 4) is 0 Å². The molecule has 1 unspecified atom stereocenters. The van der Waals surface area contributed by atoms with E-state index in [4.69, 9.17) is 4.52 Å².